The summed E-state index contributed by atoms with van der Waals surface area (Å²) < 4.78 is 46.1. The van der Waals surface area contributed by atoms with E-state index in [1.54, 1.807) is 0 Å². The molecule has 19 heavy (non-hydrogen) atoms. The molecule has 0 spiro atoms. The van der Waals surface area contributed by atoms with Gasteiger partial charge >= 0.3 is 0 Å². The van der Waals surface area contributed by atoms with Gasteiger partial charge in [-0.1, -0.05) is 11.6 Å². The van der Waals surface area contributed by atoms with Gasteiger partial charge < -0.3 is 0 Å². The highest BCUT2D eigenvalue weighted by atomic mass is 35.5. The lowest BCUT2D eigenvalue weighted by Crippen LogP contribution is -2.35. The van der Waals surface area contributed by atoms with Crippen LogP contribution in [0.3, 0.4) is 0 Å². The number of hydrogen-bond acceptors (Lipinski definition) is 6. The molecule has 0 atom stereocenters. The molecule has 0 bridgehead atoms. The summed E-state index contributed by atoms with van der Waals surface area (Å²) in [6.07, 6.45) is 1.37. The Kier molecular flexibility index (Phi) is 4.08. The van der Waals surface area contributed by atoms with Crippen LogP contribution in [-0.4, -0.2) is 34.3 Å². The van der Waals surface area contributed by atoms with Gasteiger partial charge in [0.1, 0.15) is 0 Å². The van der Waals surface area contributed by atoms with Gasteiger partial charge in [0.05, 0.1) is 28.1 Å². The lowest BCUT2D eigenvalue weighted by Gasteiger charge is -2.20. The van der Waals surface area contributed by atoms with E-state index >= 15 is 0 Å². The number of halogens is 1. The standard InChI is InChI=1S/C8H9ClN2O6S2/c1-18(14,15)11(19(2,16)17)8-4-3-6(10(12)13)5-7(8)9/h3-5H,1-2H3. The fourth-order valence-corrected chi connectivity index (χ4v) is 4.72. The van der Waals surface area contributed by atoms with Crippen molar-refractivity contribution in [3.05, 3.63) is 33.3 Å². The average molecular weight is 329 g/mol. The molecule has 0 amide bonds. The Bertz CT molecular complexity index is 696. The number of anilines is 1. The predicted molar refractivity (Wildman–Crippen MR) is 70.3 cm³/mol. The molecule has 8 nitrogen and oxygen atoms in total. The van der Waals surface area contributed by atoms with Gasteiger partial charge in [-0.15, -0.1) is 0 Å². The molecule has 11 heteroatoms. The number of non-ortho nitro benzene ring substituents is 1. The molecule has 0 aliphatic heterocycles. The zero-order valence-corrected chi connectivity index (χ0v) is 12.2. The van der Waals surface area contributed by atoms with Crippen LogP contribution in [0.1, 0.15) is 0 Å². The first kappa shape index (κ1) is 15.7. The predicted octanol–water partition coefficient (Wildman–Crippen LogP) is 0.974. The van der Waals surface area contributed by atoms with E-state index in [-0.39, 0.29) is 20.1 Å². The van der Waals surface area contributed by atoms with Gasteiger partial charge in [0.15, 0.2) is 0 Å². The molecule has 0 aliphatic rings. The zero-order valence-electron chi connectivity index (χ0n) is 9.77. The van der Waals surface area contributed by atoms with Crippen molar-refractivity contribution < 1.29 is 21.8 Å². The Morgan fingerprint density at radius 2 is 1.63 bits per heavy atom. The van der Waals surface area contributed by atoms with Crippen molar-refractivity contribution in [2.45, 2.75) is 0 Å². The molecular formula is C8H9ClN2O6S2. The smallest absolute Gasteiger partial charge is 0.258 e. The molecule has 1 rings (SSSR count). The second kappa shape index (κ2) is 4.94. The third-order valence-electron chi connectivity index (χ3n) is 1.94. The van der Waals surface area contributed by atoms with Crippen LogP contribution in [0, 0.1) is 10.1 Å². The summed E-state index contributed by atoms with van der Waals surface area (Å²) in [5.41, 5.74) is -0.743. The summed E-state index contributed by atoms with van der Waals surface area (Å²) in [6.45, 7) is 0. The number of sulfonamides is 2. The molecule has 1 aromatic rings. The maximum absolute atomic E-state index is 11.5. The number of nitro benzene ring substituents is 1. The van der Waals surface area contributed by atoms with Crippen molar-refractivity contribution in [3.63, 3.8) is 0 Å². The van der Waals surface area contributed by atoms with Gasteiger partial charge in [-0.05, 0) is 6.07 Å². The van der Waals surface area contributed by atoms with E-state index < -0.39 is 25.0 Å². The summed E-state index contributed by atoms with van der Waals surface area (Å²) in [5.74, 6) is 0. The highest BCUT2D eigenvalue weighted by Crippen LogP contribution is 2.32. The number of nitro groups is 1. The van der Waals surface area contributed by atoms with Crippen LogP contribution in [-0.2, 0) is 20.0 Å². The summed E-state index contributed by atoms with van der Waals surface area (Å²) in [4.78, 5) is 9.79. The summed E-state index contributed by atoms with van der Waals surface area (Å²) in [6, 6.07) is 2.80. The van der Waals surface area contributed by atoms with E-state index in [4.69, 9.17) is 11.6 Å². The maximum atomic E-state index is 11.5. The molecule has 106 valence electrons. The second-order valence-corrected chi connectivity index (χ2v) is 7.92. The van der Waals surface area contributed by atoms with Crippen molar-refractivity contribution in [1.29, 1.82) is 0 Å². The molecule has 0 fully saturated rings. The van der Waals surface area contributed by atoms with E-state index in [2.05, 4.69) is 0 Å². The topological polar surface area (TPSA) is 115 Å². The highest BCUT2D eigenvalue weighted by molar-refractivity contribution is 8.09. The molecule has 0 unspecified atom stereocenters. The van der Waals surface area contributed by atoms with E-state index in [0.29, 0.717) is 12.5 Å². The Morgan fingerprint density at radius 3 is 1.95 bits per heavy atom. The van der Waals surface area contributed by atoms with Gasteiger partial charge in [-0.3, -0.25) is 10.1 Å². The fourth-order valence-electron chi connectivity index (χ4n) is 1.36. The van der Waals surface area contributed by atoms with Gasteiger partial charge in [-0.2, -0.15) is 3.71 Å². The first-order valence-corrected chi connectivity index (χ1v) is 8.66. The molecule has 0 saturated carbocycles. The number of benzene rings is 1. The monoisotopic (exact) mass is 328 g/mol. The lowest BCUT2D eigenvalue weighted by molar-refractivity contribution is -0.384. The van der Waals surface area contributed by atoms with Gasteiger partial charge in [0.25, 0.3) is 5.69 Å². The van der Waals surface area contributed by atoms with E-state index in [0.717, 1.165) is 18.2 Å². The largest absolute Gasteiger partial charge is 0.271 e. The Labute approximate surface area is 114 Å². The van der Waals surface area contributed by atoms with Crippen molar-refractivity contribution in [2.75, 3.05) is 16.2 Å². The minimum atomic E-state index is -4.14. The minimum Gasteiger partial charge on any atom is -0.258 e. The van der Waals surface area contributed by atoms with Crippen molar-refractivity contribution in [2.24, 2.45) is 0 Å². The third-order valence-corrected chi connectivity index (χ3v) is 5.47. The van der Waals surface area contributed by atoms with Crippen LogP contribution in [0.25, 0.3) is 0 Å². The summed E-state index contributed by atoms with van der Waals surface area (Å²) >= 11 is 5.71. The van der Waals surface area contributed by atoms with Crippen molar-refractivity contribution in [3.8, 4) is 0 Å². The van der Waals surface area contributed by atoms with Crippen LogP contribution < -0.4 is 3.71 Å². The number of rotatable bonds is 4. The van der Waals surface area contributed by atoms with Gasteiger partial charge in [0, 0.05) is 12.1 Å². The number of hydrogen-bond donors (Lipinski definition) is 0. The first-order valence-electron chi connectivity index (χ1n) is 4.59. The van der Waals surface area contributed by atoms with Crippen LogP contribution in [0.5, 0.6) is 0 Å². The lowest BCUT2D eigenvalue weighted by atomic mass is 10.3. The number of nitrogens with zero attached hydrogens (tertiary/aromatic N) is 2. The summed E-state index contributed by atoms with van der Waals surface area (Å²) in [5, 5.41) is 10.2. The fraction of sp³-hybridized carbons (Fsp3) is 0.250. The van der Waals surface area contributed by atoms with E-state index in [1.165, 1.54) is 0 Å². The normalized spacial score (nSPS) is 12.2. The van der Waals surface area contributed by atoms with Gasteiger partial charge in [-0.25, -0.2) is 16.8 Å². The third kappa shape index (κ3) is 3.55. The molecule has 0 aromatic heterocycles. The molecule has 0 saturated heterocycles. The highest BCUT2D eigenvalue weighted by Gasteiger charge is 2.29. The van der Waals surface area contributed by atoms with E-state index in [1.807, 2.05) is 0 Å². The van der Waals surface area contributed by atoms with Crippen molar-refractivity contribution in [1.82, 2.24) is 0 Å². The van der Waals surface area contributed by atoms with Crippen LogP contribution in [0.2, 0.25) is 5.02 Å². The Hall–Kier alpha value is -1.39. The van der Waals surface area contributed by atoms with Gasteiger partial charge in [0.2, 0.25) is 20.0 Å². The molecule has 0 aliphatic carbocycles. The molecule has 0 radical (unpaired) electrons. The SMILES string of the molecule is CS(=O)(=O)N(c1ccc([N+](=O)[O-])cc1Cl)S(C)(=O)=O. The van der Waals surface area contributed by atoms with Crippen LogP contribution in [0.15, 0.2) is 18.2 Å². The zero-order chi connectivity index (χ0) is 15.0. The molecule has 1 aromatic carbocycles. The first-order chi connectivity index (χ1) is 8.44. The second-order valence-electron chi connectivity index (χ2n) is 3.62. The molecule has 0 heterocycles. The average Bonchev–Trinajstić information content (AvgIpc) is 2.16. The summed E-state index contributed by atoms with van der Waals surface area (Å²) in [7, 11) is -8.28. The Morgan fingerprint density at radius 1 is 1.16 bits per heavy atom. The van der Waals surface area contributed by atoms with E-state index in [9.17, 15) is 26.9 Å². The Balaban J connectivity index is 3.55. The van der Waals surface area contributed by atoms with Crippen LogP contribution >= 0.6 is 11.6 Å². The van der Waals surface area contributed by atoms with Crippen LogP contribution in [0.4, 0.5) is 11.4 Å². The molecular weight excluding hydrogens is 320 g/mol. The maximum Gasteiger partial charge on any atom is 0.271 e. The molecule has 0 N–H and O–H groups in total. The quantitative estimate of drug-likeness (QED) is 0.601. The minimum absolute atomic E-state index is 0.117. The van der Waals surface area contributed by atoms with Crippen molar-refractivity contribution >= 4 is 43.0 Å².